The number of benzene rings is 1. The quantitative estimate of drug-likeness (QED) is 0.822. The van der Waals surface area contributed by atoms with Gasteiger partial charge in [-0.05, 0) is 40.9 Å². The Morgan fingerprint density at radius 3 is 2.71 bits per heavy atom. The van der Waals surface area contributed by atoms with E-state index in [2.05, 4.69) is 21.0 Å². The maximum atomic E-state index is 13.8. The van der Waals surface area contributed by atoms with Crippen LogP contribution >= 0.6 is 15.9 Å². The van der Waals surface area contributed by atoms with Gasteiger partial charge >= 0.3 is 0 Å². The lowest BCUT2D eigenvalue weighted by Gasteiger charge is -2.04. The highest BCUT2D eigenvalue weighted by molar-refractivity contribution is 9.10. The second-order valence-corrected chi connectivity index (χ2v) is 5.22. The number of aryl methyl sites for hydroxylation is 1. The van der Waals surface area contributed by atoms with Gasteiger partial charge in [-0.3, -0.25) is 4.68 Å². The summed E-state index contributed by atoms with van der Waals surface area (Å²) >= 11 is 3.56. The molecule has 0 aliphatic heterocycles. The molecule has 1 aromatic heterocycles. The van der Waals surface area contributed by atoms with Crippen LogP contribution in [0.4, 0.5) is 4.39 Å². The molecule has 1 saturated carbocycles. The third kappa shape index (κ3) is 1.80. The molecular formula is C13H12BrFN2. The first kappa shape index (κ1) is 11.0. The number of aromatic nitrogens is 2. The van der Waals surface area contributed by atoms with Gasteiger partial charge in [0.2, 0.25) is 0 Å². The Morgan fingerprint density at radius 1 is 1.35 bits per heavy atom. The standard InChI is InChI=1S/C13H12BrFN2/c1-17-13(9-4-2-3-5-10(9)15)11(14)12(16-17)8-6-7-8/h2-5,8H,6-7H2,1H3. The van der Waals surface area contributed by atoms with Crippen molar-refractivity contribution in [3.63, 3.8) is 0 Å². The van der Waals surface area contributed by atoms with Crippen molar-refractivity contribution in [2.24, 2.45) is 7.05 Å². The maximum Gasteiger partial charge on any atom is 0.132 e. The summed E-state index contributed by atoms with van der Waals surface area (Å²) in [4.78, 5) is 0. The molecule has 0 N–H and O–H groups in total. The average molecular weight is 295 g/mol. The minimum absolute atomic E-state index is 0.210. The van der Waals surface area contributed by atoms with Gasteiger partial charge in [0.1, 0.15) is 5.82 Å². The van der Waals surface area contributed by atoms with Crippen molar-refractivity contribution in [1.29, 1.82) is 0 Å². The van der Waals surface area contributed by atoms with Crippen LogP contribution < -0.4 is 0 Å². The minimum atomic E-state index is -0.210. The number of halogens is 2. The second kappa shape index (κ2) is 3.95. The van der Waals surface area contributed by atoms with Gasteiger partial charge in [-0.2, -0.15) is 5.10 Å². The SMILES string of the molecule is Cn1nc(C2CC2)c(Br)c1-c1ccccc1F. The zero-order valence-electron chi connectivity index (χ0n) is 9.45. The lowest BCUT2D eigenvalue weighted by molar-refractivity contribution is 0.627. The summed E-state index contributed by atoms with van der Waals surface area (Å²) in [6.45, 7) is 0. The summed E-state index contributed by atoms with van der Waals surface area (Å²) in [6, 6.07) is 6.80. The number of hydrogen-bond donors (Lipinski definition) is 0. The predicted molar refractivity (Wildman–Crippen MR) is 68.3 cm³/mol. The summed E-state index contributed by atoms with van der Waals surface area (Å²) in [7, 11) is 1.86. The minimum Gasteiger partial charge on any atom is -0.266 e. The molecule has 0 saturated heterocycles. The fourth-order valence-electron chi connectivity index (χ4n) is 2.08. The Kier molecular flexibility index (Phi) is 2.54. The molecule has 0 atom stereocenters. The number of nitrogens with zero attached hydrogens (tertiary/aromatic N) is 2. The van der Waals surface area contributed by atoms with E-state index in [4.69, 9.17) is 0 Å². The molecule has 17 heavy (non-hydrogen) atoms. The van der Waals surface area contributed by atoms with Gasteiger partial charge in [-0.25, -0.2) is 4.39 Å². The van der Waals surface area contributed by atoms with Crippen molar-refractivity contribution in [2.45, 2.75) is 18.8 Å². The van der Waals surface area contributed by atoms with Gasteiger partial charge < -0.3 is 0 Å². The van der Waals surface area contributed by atoms with Gasteiger partial charge in [0.25, 0.3) is 0 Å². The lowest BCUT2D eigenvalue weighted by Crippen LogP contribution is -1.96. The predicted octanol–water partition coefficient (Wildman–Crippen LogP) is 3.87. The van der Waals surface area contributed by atoms with Gasteiger partial charge in [-0.15, -0.1) is 0 Å². The van der Waals surface area contributed by atoms with E-state index in [1.54, 1.807) is 16.8 Å². The lowest BCUT2D eigenvalue weighted by atomic mass is 10.1. The number of rotatable bonds is 2. The third-order valence-electron chi connectivity index (χ3n) is 3.11. The fraction of sp³-hybridized carbons (Fsp3) is 0.308. The summed E-state index contributed by atoms with van der Waals surface area (Å²) in [5.74, 6) is 0.342. The highest BCUT2D eigenvalue weighted by Gasteiger charge is 2.31. The molecule has 0 radical (unpaired) electrons. The molecule has 88 valence electrons. The molecule has 4 heteroatoms. The first-order valence-electron chi connectivity index (χ1n) is 5.65. The van der Waals surface area contributed by atoms with Crippen LogP contribution in [-0.2, 0) is 7.05 Å². The van der Waals surface area contributed by atoms with Crippen LogP contribution in [0.15, 0.2) is 28.7 Å². The number of hydrogen-bond acceptors (Lipinski definition) is 1. The van der Waals surface area contributed by atoms with Gasteiger partial charge in [0.05, 0.1) is 15.9 Å². The molecule has 0 spiro atoms. The molecule has 1 heterocycles. The van der Waals surface area contributed by atoms with E-state index in [1.807, 2.05) is 13.1 Å². The monoisotopic (exact) mass is 294 g/mol. The van der Waals surface area contributed by atoms with E-state index in [-0.39, 0.29) is 5.82 Å². The van der Waals surface area contributed by atoms with Crippen molar-refractivity contribution < 1.29 is 4.39 Å². The van der Waals surface area contributed by atoms with Gasteiger partial charge in [0, 0.05) is 18.5 Å². The van der Waals surface area contributed by atoms with Crippen LogP contribution in [-0.4, -0.2) is 9.78 Å². The van der Waals surface area contributed by atoms with Crippen LogP contribution in [0.3, 0.4) is 0 Å². The third-order valence-corrected chi connectivity index (χ3v) is 3.89. The van der Waals surface area contributed by atoms with E-state index in [1.165, 1.54) is 18.9 Å². The van der Waals surface area contributed by atoms with Crippen molar-refractivity contribution >= 4 is 15.9 Å². The van der Waals surface area contributed by atoms with E-state index in [9.17, 15) is 4.39 Å². The van der Waals surface area contributed by atoms with Gasteiger partial charge in [0.15, 0.2) is 0 Å². The van der Waals surface area contributed by atoms with E-state index in [0.29, 0.717) is 11.5 Å². The molecule has 3 rings (SSSR count). The van der Waals surface area contributed by atoms with E-state index >= 15 is 0 Å². The summed E-state index contributed by atoms with van der Waals surface area (Å²) < 4.78 is 16.5. The molecule has 1 aliphatic carbocycles. The van der Waals surface area contributed by atoms with Crippen molar-refractivity contribution in [3.05, 3.63) is 40.2 Å². The Hall–Kier alpha value is -1.16. The molecule has 2 nitrogen and oxygen atoms in total. The molecule has 2 aromatic rings. The summed E-state index contributed by atoms with van der Waals surface area (Å²) in [5, 5.41) is 4.49. The first-order chi connectivity index (χ1) is 8.18. The van der Waals surface area contributed by atoms with Crippen LogP contribution in [0.25, 0.3) is 11.3 Å². The highest BCUT2D eigenvalue weighted by Crippen LogP contribution is 2.45. The Balaban J connectivity index is 2.17. The Labute approximate surface area is 108 Å². The first-order valence-corrected chi connectivity index (χ1v) is 6.45. The van der Waals surface area contributed by atoms with Gasteiger partial charge in [-0.1, -0.05) is 12.1 Å². The van der Waals surface area contributed by atoms with Crippen molar-refractivity contribution in [1.82, 2.24) is 9.78 Å². The smallest absolute Gasteiger partial charge is 0.132 e. The van der Waals surface area contributed by atoms with Crippen LogP contribution in [0.1, 0.15) is 24.5 Å². The topological polar surface area (TPSA) is 17.8 Å². The Morgan fingerprint density at radius 2 is 2.06 bits per heavy atom. The highest BCUT2D eigenvalue weighted by atomic mass is 79.9. The molecule has 0 unspecified atom stereocenters. The largest absolute Gasteiger partial charge is 0.266 e. The van der Waals surface area contributed by atoms with Crippen LogP contribution in [0.5, 0.6) is 0 Å². The zero-order valence-corrected chi connectivity index (χ0v) is 11.0. The summed E-state index contributed by atoms with van der Waals surface area (Å²) in [5.41, 5.74) is 2.48. The molecule has 0 bridgehead atoms. The second-order valence-electron chi connectivity index (χ2n) is 4.43. The van der Waals surface area contributed by atoms with Crippen molar-refractivity contribution in [2.75, 3.05) is 0 Å². The Bertz CT molecular complexity index is 573. The fourth-order valence-corrected chi connectivity index (χ4v) is 2.96. The normalized spacial score (nSPS) is 15.2. The average Bonchev–Trinajstić information content (AvgIpc) is 3.09. The molecule has 1 aromatic carbocycles. The maximum absolute atomic E-state index is 13.8. The van der Waals surface area contributed by atoms with Crippen LogP contribution in [0, 0.1) is 5.82 Å². The zero-order chi connectivity index (χ0) is 12.0. The molecule has 1 fully saturated rings. The summed E-state index contributed by atoms with van der Waals surface area (Å²) in [6.07, 6.45) is 2.37. The van der Waals surface area contributed by atoms with E-state index < -0.39 is 0 Å². The van der Waals surface area contributed by atoms with Crippen LogP contribution in [0.2, 0.25) is 0 Å². The van der Waals surface area contributed by atoms with Crippen molar-refractivity contribution in [3.8, 4) is 11.3 Å². The molecule has 0 amide bonds. The molecule has 1 aliphatic rings. The van der Waals surface area contributed by atoms with E-state index in [0.717, 1.165) is 15.9 Å². The molecular weight excluding hydrogens is 283 g/mol.